The molecule has 2 fully saturated rings. The molecule has 1 aliphatic heterocycles. The lowest BCUT2D eigenvalue weighted by atomic mass is 9.85. The molecule has 1 aromatic carbocycles. The third-order valence-electron chi connectivity index (χ3n) is 4.77. The van der Waals surface area contributed by atoms with Crippen LogP contribution in [-0.4, -0.2) is 35.8 Å². The second-order valence-corrected chi connectivity index (χ2v) is 6.04. The molecule has 1 N–H and O–H groups in total. The molecule has 2 atom stereocenters. The summed E-state index contributed by atoms with van der Waals surface area (Å²) in [6, 6.07) is 9.45. The Morgan fingerprint density at radius 3 is 2.67 bits per heavy atom. The lowest BCUT2D eigenvalue weighted by Gasteiger charge is -2.31. The molecule has 1 heterocycles. The Hall–Kier alpha value is -1.84. The predicted octanol–water partition coefficient (Wildman–Crippen LogP) is 2.21. The molecule has 1 saturated heterocycles. The molecule has 4 nitrogen and oxygen atoms in total. The molecule has 21 heavy (non-hydrogen) atoms. The number of nitrogens with zero attached hydrogens (tertiary/aromatic N) is 1. The van der Waals surface area contributed by atoms with Gasteiger partial charge in [0.25, 0.3) is 5.91 Å². The minimum Gasteiger partial charge on any atom is -0.343 e. The van der Waals surface area contributed by atoms with Gasteiger partial charge in [-0.1, -0.05) is 31.0 Å². The zero-order valence-electron chi connectivity index (χ0n) is 12.3. The number of amides is 2. The molecule has 4 heteroatoms. The fourth-order valence-electron chi connectivity index (χ4n) is 3.66. The first kappa shape index (κ1) is 14.1. The van der Waals surface area contributed by atoms with Crippen molar-refractivity contribution in [1.82, 2.24) is 10.2 Å². The smallest absolute Gasteiger partial charge is 0.251 e. The van der Waals surface area contributed by atoms with E-state index in [1.54, 1.807) is 12.1 Å². The first-order chi connectivity index (χ1) is 10.3. The molecule has 0 radical (unpaired) electrons. The van der Waals surface area contributed by atoms with Crippen molar-refractivity contribution in [3.63, 3.8) is 0 Å². The van der Waals surface area contributed by atoms with E-state index in [9.17, 15) is 9.59 Å². The van der Waals surface area contributed by atoms with E-state index in [0.29, 0.717) is 17.5 Å². The number of rotatable bonds is 3. The van der Waals surface area contributed by atoms with Gasteiger partial charge in [0, 0.05) is 18.2 Å². The van der Waals surface area contributed by atoms with Gasteiger partial charge in [-0.2, -0.15) is 0 Å². The highest BCUT2D eigenvalue weighted by Gasteiger charge is 2.37. The molecule has 1 aliphatic carbocycles. The van der Waals surface area contributed by atoms with Crippen LogP contribution in [0.1, 0.15) is 42.5 Å². The number of nitrogens with one attached hydrogen (secondary N) is 1. The Labute approximate surface area is 125 Å². The second kappa shape index (κ2) is 6.29. The van der Waals surface area contributed by atoms with Crippen LogP contribution < -0.4 is 5.32 Å². The normalized spacial score (nSPS) is 24.5. The van der Waals surface area contributed by atoms with Gasteiger partial charge < -0.3 is 10.2 Å². The number of benzene rings is 1. The Morgan fingerprint density at radius 2 is 1.86 bits per heavy atom. The van der Waals surface area contributed by atoms with E-state index in [4.69, 9.17) is 0 Å². The Kier molecular flexibility index (Phi) is 4.23. The van der Waals surface area contributed by atoms with Gasteiger partial charge in [0.2, 0.25) is 5.91 Å². The molecule has 112 valence electrons. The van der Waals surface area contributed by atoms with Crippen LogP contribution in [0.25, 0.3) is 0 Å². The summed E-state index contributed by atoms with van der Waals surface area (Å²) in [5.41, 5.74) is 0.599. The molecular formula is C17H22N2O2. The largest absolute Gasteiger partial charge is 0.343 e. The fraction of sp³-hybridized carbons (Fsp3) is 0.529. The van der Waals surface area contributed by atoms with Gasteiger partial charge in [0.15, 0.2) is 0 Å². The third kappa shape index (κ3) is 3.09. The van der Waals surface area contributed by atoms with Gasteiger partial charge in [-0.25, -0.2) is 0 Å². The molecule has 2 amide bonds. The van der Waals surface area contributed by atoms with Gasteiger partial charge in [-0.05, 0) is 37.3 Å². The number of fused-ring (bicyclic) bond motifs is 1. The highest BCUT2D eigenvalue weighted by Crippen LogP contribution is 2.35. The van der Waals surface area contributed by atoms with Crippen molar-refractivity contribution in [2.75, 3.05) is 13.1 Å². The average Bonchev–Trinajstić information content (AvgIpc) is 2.97. The van der Waals surface area contributed by atoms with E-state index in [0.717, 1.165) is 19.4 Å². The molecule has 1 aromatic rings. The van der Waals surface area contributed by atoms with Crippen LogP contribution in [0.2, 0.25) is 0 Å². The standard InChI is InChI=1S/C17H22N2O2/c20-16(12-18-17(21)14-7-2-1-3-8-14)19-11-10-13-6-4-5-9-15(13)19/h1-3,7-8,13,15H,4-6,9-12H2,(H,18,21)/t13-,15+/m0/s1. The van der Waals surface area contributed by atoms with Gasteiger partial charge in [-0.15, -0.1) is 0 Å². The van der Waals surface area contributed by atoms with E-state index in [2.05, 4.69) is 5.32 Å². The maximum Gasteiger partial charge on any atom is 0.251 e. The van der Waals surface area contributed by atoms with Crippen molar-refractivity contribution in [1.29, 1.82) is 0 Å². The van der Waals surface area contributed by atoms with Crippen LogP contribution in [-0.2, 0) is 4.79 Å². The van der Waals surface area contributed by atoms with Gasteiger partial charge in [0.1, 0.15) is 0 Å². The Balaban J connectivity index is 1.54. The Bertz CT molecular complexity index is 515. The number of carbonyl (C=O) groups is 2. The molecule has 3 rings (SSSR count). The summed E-state index contributed by atoms with van der Waals surface area (Å²) in [6.07, 6.45) is 6.03. The molecular weight excluding hydrogens is 264 g/mol. The monoisotopic (exact) mass is 286 g/mol. The maximum atomic E-state index is 12.3. The summed E-state index contributed by atoms with van der Waals surface area (Å²) in [6.45, 7) is 0.965. The molecule has 2 aliphatic rings. The van der Waals surface area contributed by atoms with Crippen molar-refractivity contribution >= 4 is 11.8 Å². The number of likely N-dealkylation sites (tertiary alicyclic amines) is 1. The summed E-state index contributed by atoms with van der Waals surface area (Å²) in [5, 5.41) is 2.74. The van der Waals surface area contributed by atoms with E-state index < -0.39 is 0 Å². The number of hydrogen-bond donors (Lipinski definition) is 1. The molecule has 0 spiro atoms. The summed E-state index contributed by atoms with van der Waals surface area (Å²) in [5.74, 6) is 0.574. The first-order valence-corrected chi connectivity index (χ1v) is 7.88. The van der Waals surface area contributed by atoms with Crippen LogP contribution in [0.4, 0.5) is 0 Å². The minimum atomic E-state index is -0.177. The summed E-state index contributed by atoms with van der Waals surface area (Å²) in [4.78, 5) is 26.3. The van der Waals surface area contributed by atoms with Crippen molar-refractivity contribution < 1.29 is 9.59 Å². The fourth-order valence-corrected chi connectivity index (χ4v) is 3.66. The van der Waals surface area contributed by atoms with Gasteiger partial charge in [-0.3, -0.25) is 9.59 Å². The van der Waals surface area contributed by atoms with Crippen LogP contribution >= 0.6 is 0 Å². The maximum absolute atomic E-state index is 12.3. The van der Waals surface area contributed by atoms with Crippen molar-refractivity contribution in [2.45, 2.75) is 38.1 Å². The summed E-state index contributed by atoms with van der Waals surface area (Å²) in [7, 11) is 0. The highest BCUT2D eigenvalue weighted by molar-refractivity contribution is 5.96. The van der Waals surface area contributed by atoms with Crippen LogP contribution in [0, 0.1) is 5.92 Å². The first-order valence-electron chi connectivity index (χ1n) is 7.88. The molecule has 0 unspecified atom stereocenters. The molecule has 1 saturated carbocycles. The van der Waals surface area contributed by atoms with Crippen LogP contribution in [0.3, 0.4) is 0 Å². The van der Waals surface area contributed by atoms with E-state index >= 15 is 0 Å². The minimum absolute atomic E-state index is 0.0636. The van der Waals surface area contributed by atoms with E-state index in [-0.39, 0.29) is 18.4 Å². The van der Waals surface area contributed by atoms with Crippen LogP contribution in [0.5, 0.6) is 0 Å². The zero-order valence-corrected chi connectivity index (χ0v) is 12.3. The van der Waals surface area contributed by atoms with Crippen molar-refractivity contribution in [2.24, 2.45) is 5.92 Å². The van der Waals surface area contributed by atoms with E-state index in [1.165, 1.54) is 19.3 Å². The second-order valence-electron chi connectivity index (χ2n) is 6.04. The van der Waals surface area contributed by atoms with Gasteiger partial charge in [0.05, 0.1) is 6.54 Å². The lowest BCUT2D eigenvalue weighted by molar-refractivity contribution is -0.131. The van der Waals surface area contributed by atoms with E-state index in [1.807, 2.05) is 23.1 Å². The topological polar surface area (TPSA) is 49.4 Å². The average molecular weight is 286 g/mol. The Morgan fingerprint density at radius 1 is 1.10 bits per heavy atom. The number of carbonyl (C=O) groups excluding carboxylic acids is 2. The zero-order chi connectivity index (χ0) is 14.7. The highest BCUT2D eigenvalue weighted by atomic mass is 16.2. The molecule has 0 bridgehead atoms. The predicted molar refractivity (Wildman–Crippen MR) is 80.9 cm³/mol. The quantitative estimate of drug-likeness (QED) is 0.926. The SMILES string of the molecule is O=C(NCC(=O)N1CC[C@@H]2CCCC[C@H]21)c1ccccc1. The van der Waals surface area contributed by atoms with Crippen molar-refractivity contribution in [3.05, 3.63) is 35.9 Å². The van der Waals surface area contributed by atoms with Gasteiger partial charge >= 0.3 is 0 Å². The summed E-state index contributed by atoms with van der Waals surface area (Å²) < 4.78 is 0. The number of hydrogen-bond acceptors (Lipinski definition) is 2. The summed E-state index contributed by atoms with van der Waals surface area (Å²) >= 11 is 0. The molecule has 0 aromatic heterocycles. The van der Waals surface area contributed by atoms with Crippen molar-refractivity contribution in [3.8, 4) is 0 Å². The third-order valence-corrected chi connectivity index (χ3v) is 4.77. The lowest BCUT2D eigenvalue weighted by Crippen LogP contribution is -2.44. The van der Waals surface area contributed by atoms with Crippen LogP contribution in [0.15, 0.2) is 30.3 Å².